The molecule has 1 rings (SSSR count). The van der Waals surface area contributed by atoms with E-state index in [-0.39, 0.29) is 5.60 Å². The highest BCUT2D eigenvalue weighted by Gasteiger charge is 2.26. The Bertz CT molecular complexity index is 101. The fourth-order valence-corrected chi connectivity index (χ4v) is 3.16. The maximum atomic E-state index is 5.78. The van der Waals surface area contributed by atoms with Gasteiger partial charge in [-0.1, -0.05) is 6.42 Å². The van der Waals surface area contributed by atoms with Gasteiger partial charge in [-0.3, -0.25) is 0 Å². The largest absolute Gasteiger partial charge is 0.412 e. The fraction of sp³-hybridized carbons (Fsp3) is 1.00. The number of hydrogen-bond donors (Lipinski definition) is 0. The van der Waals surface area contributed by atoms with Gasteiger partial charge < -0.3 is 4.43 Å². The van der Waals surface area contributed by atoms with Crippen molar-refractivity contribution in [3.05, 3.63) is 0 Å². The third-order valence-corrected chi connectivity index (χ3v) is 3.72. The van der Waals surface area contributed by atoms with Crippen LogP contribution in [0.4, 0.5) is 0 Å². The lowest BCUT2D eigenvalue weighted by Crippen LogP contribution is -2.35. The van der Waals surface area contributed by atoms with Crippen LogP contribution in [0, 0.1) is 0 Å². The molecule has 1 aliphatic rings. The molecule has 9 heavy (non-hydrogen) atoms. The van der Waals surface area contributed by atoms with Crippen LogP contribution in [0.25, 0.3) is 0 Å². The summed E-state index contributed by atoms with van der Waals surface area (Å²) in [6.45, 7) is 6.65. The summed E-state index contributed by atoms with van der Waals surface area (Å²) in [5.74, 6) is 0. The SMILES string of the molecule is C[Si]1CCCC(C)(C)O1. The van der Waals surface area contributed by atoms with Crippen molar-refractivity contribution in [1.82, 2.24) is 0 Å². The third-order valence-electron chi connectivity index (χ3n) is 1.76. The second-order valence-corrected chi connectivity index (χ2v) is 5.53. The Morgan fingerprint density at radius 1 is 1.44 bits per heavy atom. The van der Waals surface area contributed by atoms with Gasteiger partial charge in [-0.05, 0) is 32.9 Å². The van der Waals surface area contributed by atoms with E-state index in [0.717, 1.165) is 0 Å². The zero-order chi connectivity index (χ0) is 6.91. The standard InChI is InChI=1S/C7H15OSi/c1-7(2)5-4-6-9(3)8-7/h4-6H2,1-3H3. The number of hydrogen-bond acceptors (Lipinski definition) is 1. The Morgan fingerprint density at radius 3 is 2.44 bits per heavy atom. The highest BCUT2D eigenvalue weighted by molar-refractivity contribution is 6.50. The second kappa shape index (κ2) is 2.43. The quantitative estimate of drug-likeness (QED) is 0.472. The van der Waals surface area contributed by atoms with E-state index in [4.69, 9.17) is 4.43 Å². The summed E-state index contributed by atoms with van der Waals surface area (Å²) in [5.41, 5.74) is 0.196. The van der Waals surface area contributed by atoms with Crippen LogP contribution in [-0.2, 0) is 4.43 Å². The molecule has 0 amide bonds. The molecule has 0 bridgehead atoms. The van der Waals surface area contributed by atoms with Gasteiger partial charge in [0, 0.05) is 0 Å². The van der Waals surface area contributed by atoms with E-state index in [1.54, 1.807) is 0 Å². The summed E-state index contributed by atoms with van der Waals surface area (Å²) in [7, 11) is -0.400. The fourth-order valence-electron chi connectivity index (χ4n) is 1.34. The molecule has 53 valence electrons. The molecule has 0 N–H and O–H groups in total. The molecule has 0 aliphatic carbocycles. The highest BCUT2D eigenvalue weighted by Crippen LogP contribution is 2.26. The summed E-state index contributed by atoms with van der Waals surface area (Å²) in [5, 5.41) is 0. The molecule has 0 atom stereocenters. The summed E-state index contributed by atoms with van der Waals surface area (Å²) in [4.78, 5) is 0. The topological polar surface area (TPSA) is 9.23 Å². The van der Waals surface area contributed by atoms with Gasteiger partial charge in [-0.2, -0.15) is 0 Å². The van der Waals surface area contributed by atoms with Gasteiger partial charge in [0.05, 0.1) is 5.60 Å². The molecule has 0 aromatic rings. The zero-order valence-electron chi connectivity index (χ0n) is 6.53. The average molecular weight is 143 g/mol. The molecular weight excluding hydrogens is 128 g/mol. The summed E-state index contributed by atoms with van der Waals surface area (Å²) >= 11 is 0. The van der Waals surface area contributed by atoms with Crippen molar-refractivity contribution in [2.75, 3.05) is 0 Å². The minimum absolute atomic E-state index is 0.196. The Morgan fingerprint density at radius 2 is 2.11 bits per heavy atom. The molecule has 1 fully saturated rings. The lowest BCUT2D eigenvalue weighted by atomic mass is 10.0. The van der Waals surface area contributed by atoms with Crippen LogP contribution in [0.3, 0.4) is 0 Å². The van der Waals surface area contributed by atoms with Crippen LogP contribution in [0.5, 0.6) is 0 Å². The van der Waals surface area contributed by atoms with Gasteiger partial charge in [0.2, 0.25) is 9.04 Å². The summed E-state index contributed by atoms with van der Waals surface area (Å²) < 4.78 is 5.78. The van der Waals surface area contributed by atoms with Gasteiger partial charge in [0.1, 0.15) is 0 Å². The smallest absolute Gasteiger partial charge is 0.208 e. The predicted octanol–water partition coefficient (Wildman–Crippen LogP) is 2.20. The van der Waals surface area contributed by atoms with E-state index >= 15 is 0 Å². The molecule has 2 heteroatoms. The lowest BCUT2D eigenvalue weighted by molar-refractivity contribution is 0.0818. The van der Waals surface area contributed by atoms with Crippen molar-refractivity contribution in [3.8, 4) is 0 Å². The van der Waals surface area contributed by atoms with E-state index < -0.39 is 9.04 Å². The van der Waals surface area contributed by atoms with E-state index in [1.165, 1.54) is 18.9 Å². The van der Waals surface area contributed by atoms with E-state index in [0.29, 0.717) is 0 Å². The Kier molecular flexibility index (Phi) is 1.96. The molecule has 1 heterocycles. The lowest BCUT2D eigenvalue weighted by Gasteiger charge is -2.33. The molecule has 0 unspecified atom stereocenters. The monoisotopic (exact) mass is 143 g/mol. The molecule has 1 nitrogen and oxygen atoms in total. The van der Waals surface area contributed by atoms with Crippen LogP contribution < -0.4 is 0 Å². The van der Waals surface area contributed by atoms with Gasteiger partial charge in [0.25, 0.3) is 0 Å². The first-order chi connectivity index (χ1) is 4.10. The van der Waals surface area contributed by atoms with Gasteiger partial charge in [-0.25, -0.2) is 0 Å². The van der Waals surface area contributed by atoms with Crippen molar-refractivity contribution in [2.45, 2.75) is 44.9 Å². The van der Waals surface area contributed by atoms with Gasteiger partial charge in [-0.15, -0.1) is 0 Å². The Labute approximate surface area is 59.1 Å². The third kappa shape index (κ3) is 2.10. The molecule has 1 radical (unpaired) electrons. The molecule has 0 saturated carbocycles. The van der Waals surface area contributed by atoms with E-state index in [2.05, 4.69) is 20.4 Å². The van der Waals surface area contributed by atoms with Gasteiger partial charge in [0.15, 0.2) is 0 Å². The first-order valence-corrected chi connectivity index (χ1v) is 5.73. The average Bonchev–Trinajstić information content (AvgIpc) is 1.60. The van der Waals surface area contributed by atoms with Crippen LogP contribution >= 0.6 is 0 Å². The van der Waals surface area contributed by atoms with E-state index in [9.17, 15) is 0 Å². The van der Waals surface area contributed by atoms with Crippen molar-refractivity contribution >= 4 is 9.04 Å². The van der Waals surface area contributed by atoms with Crippen LogP contribution in [0.2, 0.25) is 12.6 Å². The molecule has 0 aromatic carbocycles. The van der Waals surface area contributed by atoms with Crippen LogP contribution in [0.15, 0.2) is 0 Å². The van der Waals surface area contributed by atoms with Crippen LogP contribution in [-0.4, -0.2) is 14.6 Å². The molecule has 0 aromatic heterocycles. The number of rotatable bonds is 0. The van der Waals surface area contributed by atoms with Crippen molar-refractivity contribution in [1.29, 1.82) is 0 Å². The van der Waals surface area contributed by atoms with E-state index in [1.807, 2.05) is 0 Å². The maximum absolute atomic E-state index is 5.78. The first-order valence-electron chi connectivity index (χ1n) is 3.62. The Balaban J connectivity index is 2.41. The molecule has 1 aliphatic heterocycles. The first kappa shape index (κ1) is 7.29. The molecular formula is C7H15OSi. The van der Waals surface area contributed by atoms with Gasteiger partial charge >= 0.3 is 0 Å². The van der Waals surface area contributed by atoms with Crippen molar-refractivity contribution in [2.24, 2.45) is 0 Å². The minimum Gasteiger partial charge on any atom is -0.412 e. The summed E-state index contributed by atoms with van der Waals surface area (Å²) in [6, 6.07) is 1.34. The summed E-state index contributed by atoms with van der Waals surface area (Å²) in [6.07, 6.45) is 2.62. The van der Waals surface area contributed by atoms with Crippen molar-refractivity contribution in [3.63, 3.8) is 0 Å². The normalized spacial score (nSPS) is 28.3. The maximum Gasteiger partial charge on any atom is 0.208 e. The highest BCUT2D eigenvalue weighted by atomic mass is 28.3. The zero-order valence-corrected chi connectivity index (χ0v) is 7.53. The van der Waals surface area contributed by atoms with Crippen LogP contribution in [0.1, 0.15) is 26.7 Å². The second-order valence-electron chi connectivity index (χ2n) is 3.42. The minimum atomic E-state index is -0.400. The Hall–Kier alpha value is 0.177. The molecule has 0 spiro atoms. The predicted molar refractivity (Wildman–Crippen MR) is 40.8 cm³/mol. The molecule has 1 saturated heterocycles. The van der Waals surface area contributed by atoms with Crippen molar-refractivity contribution < 1.29 is 4.43 Å².